The third kappa shape index (κ3) is 2.74. The Bertz CT molecular complexity index is 775. The first-order valence-electron chi connectivity index (χ1n) is 8.18. The highest BCUT2D eigenvalue weighted by Crippen LogP contribution is 2.27. The number of hydrogen-bond acceptors (Lipinski definition) is 3. The number of hydrogen-bond donors (Lipinski definition) is 0. The van der Waals surface area contributed by atoms with Crippen molar-refractivity contribution in [1.29, 1.82) is 0 Å². The van der Waals surface area contributed by atoms with Crippen LogP contribution in [0.4, 0.5) is 0 Å². The quantitative estimate of drug-likeness (QED) is 0.801. The van der Waals surface area contributed by atoms with Crippen molar-refractivity contribution < 1.29 is 9.59 Å². The van der Waals surface area contributed by atoms with Gasteiger partial charge in [-0.2, -0.15) is 0 Å². The first-order valence-corrected chi connectivity index (χ1v) is 8.18. The van der Waals surface area contributed by atoms with Crippen LogP contribution in [0.5, 0.6) is 0 Å². The maximum absolute atomic E-state index is 12.4. The van der Waals surface area contributed by atoms with Gasteiger partial charge in [-0.05, 0) is 52.5 Å². The summed E-state index contributed by atoms with van der Waals surface area (Å²) >= 11 is 0. The van der Waals surface area contributed by atoms with Gasteiger partial charge in [0, 0.05) is 28.8 Å². The fourth-order valence-corrected chi connectivity index (χ4v) is 3.29. The van der Waals surface area contributed by atoms with Gasteiger partial charge >= 0.3 is 0 Å². The van der Waals surface area contributed by atoms with Crippen LogP contribution in [0.1, 0.15) is 51.4 Å². The lowest BCUT2D eigenvalue weighted by molar-refractivity contribution is -0.116. The molecule has 0 spiro atoms. The summed E-state index contributed by atoms with van der Waals surface area (Å²) in [7, 11) is 0. The number of carbonyl (C=O) groups is 2. The Morgan fingerprint density at radius 1 is 1.09 bits per heavy atom. The van der Waals surface area contributed by atoms with E-state index in [4.69, 9.17) is 0 Å². The van der Waals surface area contributed by atoms with Crippen molar-refractivity contribution in [2.45, 2.75) is 53.0 Å². The smallest absolute Gasteiger partial charge is 0.185 e. The highest BCUT2D eigenvalue weighted by Gasteiger charge is 2.27. The molecule has 0 aliphatic heterocycles. The SMILES string of the molecule is CC1=C(C)C(=O)C(CCCn2cnc3c2C=CCC3)=C(C)C1=O. The average Bonchev–Trinajstić information content (AvgIpc) is 2.97. The molecule has 0 bridgehead atoms. The molecule has 4 nitrogen and oxygen atoms in total. The van der Waals surface area contributed by atoms with Crippen LogP contribution in [0.2, 0.25) is 0 Å². The van der Waals surface area contributed by atoms with Crippen LogP contribution in [0.25, 0.3) is 6.08 Å². The van der Waals surface area contributed by atoms with E-state index >= 15 is 0 Å². The molecule has 0 amide bonds. The summed E-state index contributed by atoms with van der Waals surface area (Å²) in [4.78, 5) is 29.1. The molecule has 120 valence electrons. The van der Waals surface area contributed by atoms with E-state index in [1.54, 1.807) is 20.8 Å². The van der Waals surface area contributed by atoms with Crippen LogP contribution in [0, 0.1) is 0 Å². The van der Waals surface area contributed by atoms with E-state index in [2.05, 4.69) is 21.7 Å². The summed E-state index contributed by atoms with van der Waals surface area (Å²) in [5.41, 5.74) is 4.82. The fraction of sp³-hybridized carbons (Fsp3) is 0.421. The summed E-state index contributed by atoms with van der Waals surface area (Å²) in [6, 6.07) is 0. The number of Topliss-reactive ketones (excluding diaryl/α,β-unsaturated/α-hetero) is 2. The Kier molecular flexibility index (Phi) is 4.16. The molecule has 4 heteroatoms. The van der Waals surface area contributed by atoms with E-state index < -0.39 is 0 Å². The molecule has 1 aromatic rings. The molecule has 0 fully saturated rings. The number of imidazole rings is 1. The Morgan fingerprint density at radius 3 is 2.61 bits per heavy atom. The number of aromatic nitrogens is 2. The Labute approximate surface area is 136 Å². The highest BCUT2D eigenvalue weighted by molar-refractivity contribution is 6.24. The Morgan fingerprint density at radius 2 is 1.83 bits per heavy atom. The molecule has 0 atom stereocenters. The lowest BCUT2D eigenvalue weighted by Gasteiger charge is -2.18. The van der Waals surface area contributed by atoms with Gasteiger partial charge in [0.1, 0.15) is 0 Å². The van der Waals surface area contributed by atoms with Crippen molar-refractivity contribution in [1.82, 2.24) is 9.55 Å². The van der Waals surface area contributed by atoms with Crippen molar-refractivity contribution in [2.75, 3.05) is 0 Å². The van der Waals surface area contributed by atoms with Crippen molar-refractivity contribution >= 4 is 17.6 Å². The van der Waals surface area contributed by atoms with Crippen molar-refractivity contribution in [3.63, 3.8) is 0 Å². The lowest BCUT2D eigenvalue weighted by Crippen LogP contribution is -2.21. The number of fused-ring (bicyclic) bond motifs is 1. The summed E-state index contributed by atoms with van der Waals surface area (Å²) in [5.74, 6) is 0.0483. The number of allylic oxidation sites excluding steroid dienone is 5. The molecule has 0 saturated carbocycles. The zero-order chi connectivity index (χ0) is 16.6. The third-order valence-electron chi connectivity index (χ3n) is 4.92. The first-order chi connectivity index (χ1) is 11.0. The molecule has 23 heavy (non-hydrogen) atoms. The number of rotatable bonds is 4. The molecular formula is C19H22N2O2. The Balaban J connectivity index is 1.70. The van der Waals surface area contributed by atoms with Gasteiger partial charge in [-0.1, -0.05) is 6.08 Å². The van der Waals surface area contributed by atoms with E-state index in [0.717, 1.165) is 31.5 Å². The van der Waals surface area contributed by atoms with Crippen molar-refractivity contribution in [2.24, 2.45) is 0 Å². The van der Waals surface area contributed by atoms with Gasteiger partial charge in [0.25, 0.3) is 0 Å². The largest absolute Gasteiger partial charge is 0.331 e. The van der Waals surface area contributed by atoms with Gasteiger partial charge in [0.2, 0.25) is 0 Å². The summed E-state index contributed by atoms with van der Waals surface area (Å²) < 4.78 is 2.14. The van der Waals surface area contributed by atoms with Gasteiger partial charge < -0.3 is 4.57 Å². The van der Waals surface area contributed by atoms with Crippen LogP contribution in [-0.2, 0) is 22.6 Å². The zero-order valence-electron chi connectivity index (χ0n) is 14.0. The third-order valence-corrected chi connectivity index (χ3v) is 4.92. The number of carbonyl (C=O) groups excluding carboxylic acids is 2. The van der Waals surface area contributed by atoms with E-state index in [0.29, 0.717) is 28.7 Å². The van der Waals surface area contributed by atoms with Gasteiger partial charge in [-0.15, -0.1) is 0 Å². The maximum atomic E-state index is 12.4. The van der Waals surface area contributed by atoms with E-state index in [1.165, 1.54) is 5.69 Å². The predicted octanol–water partition coefficient (Wildman–Crippen LogP) is 3.43. The Hall–Kier alpha value is -2.23. The molecule has 1 heterocycles. The number of aryl methyl sites for hydroxylation is 2. The summed E-state index contributed by atoms with van der Waals surface area (Å²) in [5, 5.41) is 0. The first kappa shape index (κ1) is 15.7. The topological polar surface area (TPSA) is 52.0 Å². The van der Waals surface area contributed by atoms with Gasteiger partial charge in [-0.3, -0.25) is 9.59 Å². The fourth-order valence-electron chi connectivity index (χ4n) is 3.29. The van der Waals surface area contributed by atoms with E-state index in [1.807, 2.05) is 6.33 Å². The second-order valence-electron chi connectivity index (χ2n) is 6.33. The molecule has 0 aromatic carbocycles. The molecule has 0 N–H and O–H groups in total. The molecule has 2 aliphatic carbocycles. The normalized spacial score (nSPS) is 18.0. The van der Waals surface area contributed by atoms with Crippen LogP contribution in [0.15, 0.2) is 34.7 Å². The summed E-state index contributed by atoms with van der Waals surface area (Å²) in [6.45, 7) is 6.07. The van der Waals surface area contributed by atoms with E-state index in [9.17, 15) is 9.59 Å². The highest BCUT2D eigenvalue weighted by atomic mass is 16.1. The average molecular weight is 310 g/mol. The second-order valence-corrected chi connectivity index (χ2v) is 6.33. The second kappa shape index (κ2) is 6.11. The van der Waals surface area contributed by atoms with E-state index in [-0.39, 0.29) is 11.6 Å². The molecule has 3 rings (SSSR count). The molecular weight excluding hydrogens is 288 g/mol. The number of ketones is 2. The monoisotopic (exact) mass is 310 g/mol. The molecule has 0 radical (unpaired) electrons. The minimum absolute atomic E-state index is 0.0139. The van der Waals surface area contributed by atoms with Crippen LogP contribution >= 0.6 is 0 Å². The molecule has 1 aromatic heterocycles. The summed E-state index contributed by atoms with van der Waals surface area (Å²) in [6.07, 6.45) is 9.70. The molecule has 2 aliphatic rings. The molecule has 0 unspecified atom stereocenters. The van der Waals surface area contributed by atoms with Crippen molar-refractivity contribution in [3.8, 4) is 0 Å². The standard InChI is InChI=1S/C19H22N2O2/c1-12-13(2)19(23)15(14(3)18(12)22)7-6-10-21-11-20-16-8-4-5-9-17(16)21/h5,9,11H,4,6-8,10H2,1-3H3. The van der Waals surface area contributed by atoms with Gasteiger partial charge in [0.05, 0.1) is 17.7 Å². The van der Waals surface area contributed by atoms with Gasteiger partial charge in [-0.25, -0.2) is 4.98 Å². The van der Waals surface area contributed by atoms with Crippen molar-refractivity contribution in [3.05, 3.63) is 46.1 Å². The lowest BCUT2D eigenvalue weighted by atomic mass is 9.84. The zero-order valence-corrected chi connectivity index (χ0v) is 14.0. The predicted molar refractivity (Wildman–Crippen MR) is 89.9 cm³/mol. The van der Waals surface area contributed by atoms with Gasteiger partial charge in [0.15, 0.2) is 11.6 Å². The minimum atomic E-state index is 0.0139. The minimum Gasteiger partial charge on any atom is -0.331 e. The van der Waals surface area contributed by atoms with Crippen LogP contribution < -0.4 is 0 Å². The van der Waals surface area contributed by atoms with Crippen LogP contribution in [0.3, 0.4) is 0 Å². The van der Waals surface area contributed by atoms with Crippen LogP contribution in [-0.4, -0.2) is 21.1 Å². The molecule has 0 saturated heterocycles. The maximum Gasteiger partial charge on any atom is 0.185 e. The number of nitrogens with zero attached hydrogens (tertiary/aromatic N) is 2.